The molecule has 0 aliphatic carbocycles. The van der Waals surface area contributed by atoms with Gasteiger partial charge in [-0.2, -0.15) is 0 Å². The second-order valence-electron chi connectivity index (χ2n) is 7.81. The fourth-order valence-corrected chi connectivity index (χ4v) is 3.79. The average Bonchev–Trinajstić information content (AvgIpc) is 3.24. The smallest absolute Gasteiger partial charge is 0.161 e. The summed E-state index contributed by atoms with van der Waals surface area (Å²) in [7, 11) is 1.64. The molecular weight excluding hydrogens is 364 g/mol. The van der Waals surface area contributed by atoms with Crippen LogP contribution >= 0.6 is 0 Å². The zero-order valence-electron chi connectivity index (χ0n) is 17.7. The highest BCUT2D eigenvalue weighted by molar-refractivity contribution is 5.43. The van der Waals surface area contributed by atoms with E-state index < -0.39 is 6.10 Å². The molecule has 1 fully saturated rings. The van der Waals surface area contributed by atoms with Crippen molar-refractivity contribution < 1.29 is 14.6 Å². The first-order valence-corrected chi connectivity index (χ1v) is 10.6. The molecule has 0 radical (unpaired) electrons. The van der Waals surface area contributed by atoms with Gasteiger partial charge in [0, 0.05) is 13.1 Å². The molecule has 5 heteroatoms. The van der Waals surface area contributed by atoms with Gasteiger partial charge in [-0.15, -0.1) is 0 Å². The maximum atomic E-state index is 10.3. The molecule has 0 amide bonds. The first kappa shape index (κ1) is 21.6. The molecule has 0 bridgehead atoms. The second-order valence-corrected chi connectivity index (χ2v) is 7.81. The lowest BCUT2D eigenvalue weighted by Crippen LogP contribution is -2.33. The maximum absolute atomic E-state index is 10.3. The number of aryl methyl sites for hydroxylation is 1. The molecule has 1 saturated heterocycles. The van der Waals surface area contributed by atoms with Crippen molar-refractivity contribution in [1.29, 1.82) is 0 Å². The minimum Gasteiger partial charge on any atom is -0.493 e. The van der Waals surface area contributed by atoms with Gasteiger partial charge in [0.1, 0.15) is 12.7 Å². The van der Waals surface area contributed by atoms with Gasteiger partial charge in [0.15, 0.2) is 11.5 Å². The summed E-state index contributed by atoms with van der Waals surface area (Å²) < 4.78 is 11.3. The number of benzene rings is 2. The van der Waals surface area contributed by atoms with Gasteiger partial charge in [-0.05, 0) is 74.6 Å². The fourth-order valence-electron chi connectivity index (χ4n) is 3.79. The highest BCUT2D eigenvalue weighted by Crippen LogP contribution is 2.28. The summed E-state index contributed by atoms with van der Waals surface area (Å²) in [5.74, 6) is 1.38. The average molecular weight is 399 g/mol. The number of β-amino-alcohol motifs (C(OH)–C–C–N with tert-alkyl or cyclic N) is 1. The highest BCUT2D eigenvalue weighted by Gasteiger charge is 2.17. The zero-order valence-corrected chi connectivity index (χ0v) is 17.7. The Kier molecular flexibility index (Phi) is 8.35. The quantitative estimate of drug-likeness (QED) is 0.570. The summed E-state index contributed by atoms with van der Waals surface area (Å²) in [6.07, 6.45) is 2.96. The van der Waals surface area contributed by atoms with Crippen LogP contribution in [-0.2, 0) is 13.0 Å². The monoisotopic (exact) mass is 398 g/mol. The molecule has 1 unspecified atom stereocenters. The Labute approximate surface area is 174 Å². The predicted molar refractivity (Wildman–Crippen MR) is 117 cm³/mol. The number of aliphatic hydroxyl groups excluding tert-OH is 1. The first-order chi connectivity index (χ1) is 14.2. The van der Waals surface area contributed by atoms with Gasteiger partial charge in [-0.25, -0.2) is 0 Å². The van der Waals surface area contributed by atoms with Crippen molar-refractivity contribution in [3.63, 3.8) is 0 Å². The van der Waals surface area contributed by atoms with Crippen molar-refractivity contribution in [2.24, 2.45) is 0 Å². The lowest BCUT2D eigenvalue weighted by molar-refractivity contribution is 0.0746. The number of ether oxygens (including phenoxy) is 2. The van der Waals surface area contributed by atoms with E-state index in [2.05, 4.69) is 41.4 Å². The van der Waals surface area contributed by atoms with Crippen molar-refractivity contribution in [1.82, 2.24) is 10.2 Å². The Bertz CT molecular complexity index is 760. The van der Waals surface area contributed by atoms with Gasteiger partial charge >= 0.3 is 0 Å². The second kappa shape index (κ2) is 11.2. The summed E-state index contributed by atoms with van der Waals surface area (Å²) in [6, 6.07) is 14.5. The molecule has 158 valence electrons. The standard InChI is InChI=1S/C24H34N2O3/c1-19-7-3-4-8-21(19)11-12-25-16-20-9-10-23(28-2)24(15-20)29-18-22(27)17-26-13-5-6-14-26/h3-4,7-10,15,22,25,27H,5-6,11-14,16-18H2,1-2H3. The number of hydrogen-bond acceptors (Lipinski definition) is 5. The van der Waals surface area contributed by atoms with Crippen molar-refractivity contribution in [3.05, 3.63) is 59.2 Å². The molecule has 2 aromatic rings. The number of methoxy groups -OCH3 is 1. The van der Waals surface area contributed by atoms with Crippen LogP contribution < -0.4 is 14.8 Å². The van der Waals surface area contributed by atoms with Gasteiger partial charge in [-0.1, -0.05) is 30.3 Å². The molecule has 3 rings (SSSR count). The van der Waals surface area contributed by atoms with Gasteiger partial charge < -0.3 is 24.8 Å². The zero-order chi connectivity index (χ0) is 20.5. The van der Waals surface area contributed by atoms with Crippen LogP contribution in [0.25, 0.3) is 0 Å². The van der Waals surface area contributed by atoms with Crippen LogP contribution in [0.15, 0.2) is 42.5 Å². The summed E-state index contributed by atoms with van der Waals surface area (Å²) in [6.45, 7) is 6.93. The lowest BCUT2D eigenvalue weighted by atomic mass is 10.1. The Balaban J connectivity index is 1.47. The summed E-state index contributed by atoms with van der Waals surface area (Å²) >= 11 is 0. The van der Waals surface area contributed by atoms with Crippen LogP contribution in [0.1, 0.15) is 29.5 Å². The van der Waals surface area contributed by atoms with Crippen LogP contribution in [0.4, 0.5) is 0 Å². The van der Waals surface area contributed by atoms with E-state index >= 15 is 0 Å². The van der Waals surface area contributed by atoms with Crippen molar-refractivity contribution in [2.45, 2.75) is 38.8 Å². The Hall–Kier alpha value is -2.08. The topological polar surface area (TPSA) is 54.0 Å². The van der Waals surface area contributed by atoms with E-state index in [0.717, 1.165) is 38.2 Å². The SMILES string of the molecule is COc1ccc(CNCCc2ccccc2C)cc1OCC(O)CN1CCCC1. The molecule has 2 aromatic carbocycles. The van der Waals surface area contributed by atoms with E-state index in [4.69, 9.17) is 9.47 Å². The molecule has 1 heterocycles. The number of likely N-dealkylation sites (tertiary alicyclic amines) is 1. The molecule has 5 nitrogen and oxygen atoms in total. The van der Waals surface area contributed by atoms with Gasteiger partial charge in [0.05, 0.1) is 7.11 Å². The Morgan fingerprint density at radius 3 is 2.66 bits per heavy atom. The number of nitrogens with one attached hydrogen (secondary N) is 1. The minimum atomic E-state index is -0.492. The number of aliphatic hydroxyl groups is 1. The molecule has 0 saturated carbocycles. The van der Waals surface area contributed by atoms with Crippen molar-refractivity contribution >= 4 is 0 Å². The molecule has 1 aliphatic rings. The van der Waals surface area contributed by atoms with E-state index in [1.807, 2.05) is 18.2 Å². The first-order valence-electron chi connectivity index (χ1n) is 10.6. The Morgan fingerprint density at radius 1 is 1.10 bits per heavy atom. The number of nitrogens with zero attached hydrogens (tertiary/aromatic N) is 1. The predicted octanol–water partition coefficient (Wildman–Crippen LogP) is 3.17. The van der Waals surface area contributed by atoms with Crippen LogP contribution in [0.5, 0.6) is 11.5 Å². The van der Waals surface area contributed by atoms with E-state index in [0.29, 0.717) is 18.0 Å². The normalized spacial score (nSPS) is 15.4. The van der Waals surface area contributed by atoms with E-state index in [-0.39, 0.29) is 6.61 Å². The maximum Gasteiger partial charge on any atom is 0.161 e. The molecular formula is C24H34N2O3. The lowest BCUT2D eigenvalue weighted by Gasteiger charge is -2.20. The van der Waals surface area contributed by atoms with Crippen LogP contribution in [0, 0.1) is 6.92 Å². The summed E-state index contributed by atoms with van der Waals surface area (Å²) in [5, 5.41) is 13.8. The fraction of sp³-hybridized carbons (Fsp3) is 0.500. The summed E-state index contributed by atoms with van der Waals surface area (Å²) in [4.78, 5) is 2.29. The Morgan fingerprint density at radius 2 is 1.90 bits per heavy atom. The number of rotatable bonds is 11. The molecule has 29 heavy (non-hydrogen) atoms. The van der Waals surface area contributed by atoms with Gasteiger partial charge in [0.25, 0.3) is 0 Å². The van der Waals surface area contributed by atoms with Crippen molar-refractivity contribution in [3.8, 4) is 11.5 Å². The van der Waals surface area contributed by atoms with Crippen molar-refractivity contribution in [2.75, 3.05) is 39.9 Å². The van der Waals surface area contributed by atoms with Crippen LogP contribution in [-0.4, -0.2) is 56.0 Å². The largest absolute Gasteiger partial charge is 0.493 e. The molecule has 1 atom stereocenters. The van der Waals surface area contributed by atoms with E-state index in [1.165, 1.54) is 24.0 Å². The van der Waals surface area contributed by atoms with E-state index in [1.54, 1.807) is 7.11 Å². The van der Waals surface area contributed by atoms with Gasteiger partial charge in [0.2, 0.25) is 0 Å². The van der Waals surface area contributed by atoms with Crippen LogP contribution in [0.3, 0.4) is 0 Å². The highest BCUT2D eigenvalue weighted by atomic mass is 16.5. The van der Waals surface area contributed by atoms with Crippen LogP contribution in [0.2, 0.25) is 0 Å². The molecule has 0 spiro atoms. The third-order valence-corrected chi connectivity index (χ3v) is 5.49. The summed E-state index contributed by atoms with van der Waals surface area (Å²) in [5.41, 5.74) is 3.85. The third kappa shape index (κ3) is 6.74. The molecule has 0 aromatic heterocycles. The minimum absolute atomic E-state index is 0.275. The van der Waals surface area contributed by atoms with Gasteiger partial charge in [-0.3, -0.25) is 0 Å². The van der Waals surface area contributed by atoms with E-state index in [9.17, 15) is 5.11 Å². The molecule has 2 N–H and O–H groups in total. The number of hydrogen-bond donors (Lipinski definition) is 2. The third-order valence-electron chi connectivity index (χ3n) is 5.49. The molecule has 1 aliphatic heterocycles.